The predicted molar refractivity (Wildman–Crippen MR) is 73.4 cm³/mol. The van der Waals surface area contributed by atoms with Crippen LogP contribution in [0.3, 0.4) is 0 Å². The molecule has 0 saturated carbocycles. The van der Waals surface area contributed by atoms with Gasteiger partial charge in [-0.05, 0) is 6.07 Å². The van der Waals surface area contributed by atoms with Crippen molar-refractivity contribution in [1.82, 2.24) is 15.2 Å². The number of nitrogens with one attached hydrogen (secondary N) is 1. The molecular weight excluding hydrogens is 299 g/mol. The second kappa shape index (κ2) is 6.67. The summed E-state index contributed by atoms with van der Waals surface area (Å²) in [4.78, 5) is 17.1. The van der Waals surface area contributed by atoms with E-state index in [-0.39, 0.29) is 18.0 Å². The molecule has 22 heavy (non-hydrogen) atoms. The highest BCUT2D eigenvalue weighted by Crippen LogP contribution is 2.30. The normalized spacial score (nSPS) is 18.1. The average Bonchev–Trinajstić information content (AvgIpc) is 2.92. The van der Waals surface area contributed by atoms with Crippen molar-refractivity contribution >= 4 is 6.03 Å². The second-order valence-electron chi connectivity index (χ2n) is 4.83. The van der Waals surface area contributed by atoms with Crippen LogP contribution in [0.2, 0.25) is 0 Å². The van der Waals surface area contributed by atoms with E-state index in [4.69, 9.17) is 4.74 Å². The van der Waals surface area contributed by atoms with E-state index in [0.29, 0.717) is 26.1 Å². The molecular formula is C14H16F3N3O2. The Labute approximate surface area is 125 Å². The van der Waals surface area contributed by atoms with Gasteiger partial charge in [0.2, 0.25) is 5.88 Å². The molecule has 1 aromatic heterocycles. The number of likely N-dealkylation sites (tertiary alicyclic amines) is 1. The predicted octanol–water partition coefficient (Wildman–Crippen LogP) is 2.45. The molecule has 1 fully saturated rings. The third-order valence-corrected chi connectivity index (χ3v) is 3.18. The SMILES string of the molecule is C=CCNC(=O)N1CCC(Oc2cc(C(F)(F)F)ccn2)C1. The van der Waals surface area contributed by atoms with Crippen molar-refractivity contribution in [3.8, 4) is 5.88 Å². The van der Waals surface area contributed by atoms with Crippen molar-refractivity contribution in [3.05, 3.63) is 36.5 Å². The summed E-state index contributed by atoms with van der Waals surface area (Å²) in [6.45, 7) is 4.64. The van der Waals surface area contributed by atoms with E-state index in [1.807, 2.05) is 0 Å². The van der Waals surface area contributed by atoms with Gasteiger partial charge in [0.05, 0.1) is 12.1 Å². The second-order valence-corrected chi connectivity index (χ2v) is 4.83. The summed E-state index contributed by atoms with van der Waals surface area (Å²) in [6, 6.07) is 1.50. The molecule has 1 aliphatic heterocycles. The first-order valence-electron chi connectivity index (χ1n) is 6.73. The van der Waals surface area contributed by atoms with Crippen LogP contribution in [-0.4, -0.2) is 41.7 Å². The van der Waals surface area contributed by atoms with Crippen molar-refractivity contribution in [2.75, 3.05) is 19.6 Å². The molecule has 1 saturated heterocycles. The van der Waals surface area contributed by atoms with Gasteiger partial charge in [-0.3, -0.25) is 0 Å². The molecule has 5 nitrogen and oxygen atoms in total. The van der Waals surface area contributed by atoms with E-state index in [1.54, 1.807) is 11.0 Å². The molecule has 1 atom stereocenters. The molecule has 0 spiro atoms. The number of hydrogen-bond acceptors (Lipinski definition) is 3. The zero-order chi connectivity index (χ0) is 16.2. The van der Waals surface area contributed by atoms with E-state index in [0.717, 1.165) is 18.3 Å². The minimum absolute atomic E-state index is 0.0897. The van der Waals surface area contributed by atoms with E-state index in [9.17, 15) is 18.0 Å². The van der Waals surface area contributed by atoms with Gasteiger partial charge in [0.25, 0.3) is 0 Å². The summed E-state index contributed by atoms with van der Waals surface area (Å²) in [5.41, 5.74) is -0.809. The molecule has 0 aromatic carbocycles. The first-order valence-corrected chi connectivity index (χ1v) is 6.73. The third-order valence-electron chi connectivity index (χ3n) is 3.18. The van der Waals surface area contributed by atoms with Crippen molar-refractivity contribution in [1.29, 1.82) is 0 Å². The first kappa shape index (κ1) is 16.1. The Morgan fingerprint density at radius 1 is 1.59 bits per heavy atom. The number of pyridine rings is 1. The van der Waals surface area contributed by atoms with Crippen LogP contribution in [0.15, 0.2) is 31.0 Å². The minimum atomic E-state index is -4.44. The smallest absolute Gasteiger partial charge is 0.416 e. The summed E-state index contributed by atoms with van der Waals surface area (Å²) >= 11 is 0. The number of halogens is 3. The number of carbonyl (C=O) groups is 1. The monoisotopic (exact) mass is 315 g/mol. The number of urea groups is 1. The van der Waals surface area contributed by atoms with Crippen LogP contribution in [0.25, 0.3) is 0 Å². The minimum Gasteiger partial charge on any atom is -0.472 e. The summed E-state index contributed by atoms with van der Waals surface area (Å²) in [6.07, 6.45) is -1.64. The molecule has 1 unspecified atom stereocenters. The van der Waals surface area contributed by atoms with Gasteiger partial charge in [-0.1, -0.05) is 6.08 Å². The van der Waals surface area contributed by atoms with Crippen LogP contribution in [0, 0.1) is 0 Å². The molecule has 2 heterocycles. The van der Waals surface area contributed by atoms with E-state index in [2.05, 4.69) is 16.9 Å². The van der Waals surface area contributed by atoms with Gasteiger partial charge < -0.3 is 15.0 Å². The topological polar surface area (TPSA) is 54.5 Å². The number of amides is 2. The van der Waals surface area contributed by atoms with Crippen LogP contribution >= 0.6 is 0 Å². The van der Waals surface area contributed by atoms with Gasteiger partial charge in [0.15, 0.2) is 0 Å². The van der Waals surface area contributed by atoms with E-state index in [1.165, 1.54) is 0 Å². The number of aromatic nitrogens is 1. The molecule has 1 aliphatic rings. The Morgan fingerprint density at radius 3 is 3.05 bits per heavy atom. The maximum Gasteiger partial charge on any atom is 0.416 e. The number of hydrogen-bond donors (Lipinski definition) is 1. The highest BCUT2D eigenvalue weighted by Gasteiger charge is 2.32. The van der Waals surface area contributed by atoms with Gasteiger partial charge in [-0.2, -0.15) is 13.2 Å². The highest BCUT2D eigenvalue weighted by atomic mass is 19.4. The molecule has 1 N–H and O–H groups in total. The van der Waals surface area contributed by atoms with Crippen LogP contribution in [-0.2, 0) is 6.18 Å². The molecule has 8 heteroatoms. The Hall–Kier alpha value is -2.25. The number of carbonyl (C=O) groups excluding carboxylic acids is 1. The van der Waals surface area contributed by atoms with E-state index >= 15 is 0 Å². The van der Waals surface area contributed by atoms with Gasteiger partial charge in [0, 0.05) is 31.8 Å². The molecule has 0 bridgehead atoms. The van der Waals surface area contributed by atoms with Gasteiger partial charge in [-0.25, -0.2) is 9.78 Å². The summed E-state index contributed by atoms with van der Waals surface area (Å²) in [5, 5.41) is 2.64. The quantitative estimate of drug-likeness (QED) is 0.868. The van der Waals surface area contributed by atoms with Crippen molar-refractivity contribution in [2.24, 2.45) is 0 Å². The number of alkyl halides is 3. The Morgan fingerprint density at radius 2 is 2.36 bits per heavy atom. The van der Waals surface area contributed by atoms with Gasteiger partial charge >= 0.3 is 12.2 Å². The molecule has 120 valence electrons. The fourth-order valence-electron chi connectivity index (χ4n) is 2.10. The zero-order valence-corrected chi connectivity index (χ0v) is 11.8. The Bertz CT molecular complexity index is 548. The van der Waals surface area contributed by atoms with Crippen molar-refractivity contribution < 1.29 is 22.7 Å². The first-order chi connectivity index (χ1) is 10.4. The van der Waals surface area contributed by atoms with Crippen LogP contribution in [0.5, 0.6) is 5.88 Å². The lowest BCUT2D eigenvalue weighted by Gasteiger charge is -2.17. The fraction of sp³-hybridized carbons (Fsp3) is 0.429. The molecule has 2 amide bonds. The van der Waals surface area contributed by atoms with Crippen LogP contribution in [0.4, 0.5) is 18.0 Å². The lowest BCUT2D eigenvalue weighted by atomic mass is 10.2. The number of ether oxygens (including phenoxy) is 1. The van der Waals surface area contributed by atoms with Gasteiger partial charge in [-0.15, -0.1) is 6.58 Å². The maximum atomic E-state index is 12.6. The molecule has 2 rings (SSSR count). The lowest BCUT2D eigenvalue weighted by molar-refractivity contribution is -0.137. The number of nitrogens with zero attached hydrogens (tertiary/aromatic N) is 2. The van der Waals surface area contributed by atoms with Crippen molar-refractivity contribution in [3.63, 3.8) is 0 Å². The third kappa shape index (κ3) is 4.12. The maximum absolute atomic E-state index is 12.6. The average molecular weight is 315 g/mol. The van der Waals surface area contributed by atoms with Gasteiger partial charge in [0.1, 0.15) is 6.10 Å². The summed E-state index contributed by atoms with van der Waals surface area (Å²) in [5.74, 6) is -0.0897. The highest BCUT2D eigenvalue weighted by molar-refractivity contribution is 5.74. The molecule has 0 radical (unpaired) electrons. The van der Waals surface area contributed by atoms with Crippen LogP contribution < -0.4 is 10.1 Å². The van der Waals surface area contributed by atoms with Crippen LogP contribution in [0.1, 0.15) is 12.0 Å². The lowest BCUT2D eigenvalue weighted by Crippen LogP contribution is -2.39. The van der Waals surface area contributed by atoms with E-state index < -0.39 is 11.7 Å². The standard InChI is InChI=1S/C14H16F3N3O2/c1-2-5-19-13(21)20-7-4-11(9-20)22-12-8-10(3-6-18-12)14(15,16)17/h2-3,6,8,11H,1,4-5,7,9H2,(H,19,21). The largest absolute Gasteiger partial charge is 0.472 e. The summed E-state index contributed by atoms with van der Waals surface area (Å²) in [7, 11) is 0. The van der Waals surface area contributed by atoms with Crippen molar-refractivity contribution in [2.45, 2.75) is 18.7 Å². The zero-order valence-electron chi connectivity index (χ0n) is 11.8. The Balaban J connectivity index is 1.93. The molecule has 1 aromatic rings. The summed E-state index contributed by atoms with van der Waals surface area (Å²) < 4.78 is 43.3. The molecule has 0 aliphatic carbocycles. The number of rotatable bonds is 4. The Kier molecular flexibility index (Phi) is 4.89. The fourth-order valence-corrected chi connectivity index (χ4v) is 2.10.